The second-order valence-corrected chi connectivity index (χ2v) is 6.61. The summed E-state index contributed by atoms with van der Waals surface area (Å²) in [6.45, 7) is 11.2. The molecule has 0 aromatic carbocycles. The van der Waals surface area contributed by atoms with Gasteiger partial charge >= 0.3 is 0 Å². The average Bonchev–Trinajstić information content (AvgIpc) is 2.33. The topological polar surface area (TPSA) is 44.3 Å². The first kappa shape index (κ1) is 16.9. The Hall–Kier alpha value is -1.20. The highest BCUT2D eigenvalue weighted by molar-refractivity contribution is 5.31. The van der Waals surface area contributed by atoms with Gasteiger partial charge in [-0.1, -0.05) is 0 Å². The van der Waals surface area contributed by atoms with Crippen molar-refractivity contribution in [2.75, 3.05) is 39.1 Å². The number of hydrogen-bond donors (Lipinski definition) is 1. The first-order valence-corrected chi connectivity index (χ1v) is 7.12. The Morgan fingerprint density at radius 2 is 1.80 bits per heavy atom. The third kappa shape index (κ3) is 5.84. The Morgan fingerprint density at radius 1 is 1.15 bits per heavy atom. The van der Waals surface area contributed by atoms with Crippen molar-refractivity contribution in [1.29, 1.82) is 0 Å². The standard InChI is InChI=1S/C15H29N5/c1-12-13(11-17-15(2,3)4)10-16-14(18-12)20(7)9-8-19(5)6/h10,17H,8-9,11H2,1-7H3. The summed E-state index contributed by atoms with van der Waals surface area (Å²) >= 11 is 0. The van der Waals surface area contributed by atoms with Gasteiger partial charge in [0.15, 0.2) is 0 Å². The molecular weight excluding hydrogens is 250 g/mol. The Morgan fingerprint density at radius 3 is 2.30 bits per heavy atom. The van der Waals surface area contributed by atoms with E-state index < -0.39 is 0 Å². The molecule has 0 bridgehead atoms. The largest absolute Gasteiger partial charge is 0.343 e. The molecule has 0 saturated carbocycles. The monoisotopic (exact) mass is 279 g/mol. The maximum absolute atomic E-state index is 4.61. The van der Waals surface area contributed by atoms with E-state index in [0.29, 0.717) is 0 Å². The molecule has 0 amide bonds. The first-order chi connectivity index (χ1) is 9.19. The molecule has 0 fully saturated rings. The van der Waals surface area contributed by atoms with E-state index in [1.165, 1.54) is 0 Å². The predicted molar refractivity (Wildman–Crippen MR) is 85.2 cm³/mol. The number of nitrogens with one attached hydrogen (secondary N) is 1. The maximum atomic E-state index is 4.61. The summed E-state index contributed by atoms with van der Waals surface area (Å²) in [5.74, 6) is 0.795. The highest BCUT2D eigenvalue weighted by Gasteiger charge is 2.12. The Bertz CT molecular complexity index is 423. The van der Waals surface area contributed by atoms with Gasteiger partial charge in [-0.05, 0) is 41.8 Å². The summed E-state index contributed by atoms with van der Waals surface area (Å²) < 4.78 is 0. The SMILES string of the molecule is Cc1nc(N(C)CCN(C)C)ncc1CNC(C)(C)C. The van der Waals surface area contributed by atoms with Gasteiger partial charge in [-0.3, -0.25) is 0 Å². The number of rotatable bonds is 6. The molecule has 20 heavy (non-hydrogen) atoms. The van der Waals surface area contributed by atoms with Gasteiger partial charge in [-0.2, -0.15) is 0 Å². The van der Waals surface area contributed by atoms with E-state index in [4.69, 9.17) is 0 Å². The summed E-state index contributed by atoms with van der Waals surface area (Å²) in [6.07, 6.45) is 1.93. The van der Waals surface area contributed by atoms with Crippen LogP contribution in [0.15, 0.2) is 6.20 Å². The molecular formula is C15H29N5. The molecule has 0 aliphatic rings. The number of likely N-dealkylation sites (N-methyl/N-ethyl adjacent to an activating group) is 2. The fourth-order valence-corrected chi connectivity index (χ4v) is 1.65. The van der Waals surface area contributed by atoms with E-state index in [-0.39, 0.29) is 5.54 Å². The molecule has 0 radical (unpaired) electrons. The summed E-state index contributed by atoms with van der Waals surface area (Å²) in [4.78, 5) is 13.3. The zero-order valence-electron chi connectivity index (χ0n) is 14.0. The van der Waals surface area contributed by atoms with Crippen LogP contribution in [0, 0.1) is 6.92 Å². The van der Waals surface area contributed by atoms with Crippen molar-refractivity contribution in [1.82, 2.24) is 20.2 Å². The lowest BCUT2D eigenvalue weighted by atomic mass is 10.1. The lowest BCUT2D eigenvalue weighted by molar-refractivity contribution is 0.415. The zero-order chi connectivity index (χ0) is 15.3. The van der Waals surface area contributed by atoms with Crippen LogP contribution in [-0.2, 0) is 6.54 Å². The van der Waals surface area contributed by atoms with E-state index in [1.807, 2.05) is 20.2 Å². The smallest absolute Gasteiger partial charge is 0.225 e. The minimum Gasteiger partial charge on any atom is -0.343 e. The summed E-state index contributed by atoms with van der Waals surface area (Å²) in [5.41, 5.74) is 2.31. The quantitative estimate of drug-likeness (QED) is 0.858. The Balaban J connectivity index is 2.67. The third-order valence-corrected chi connectivity index (χ3v) is 3.10. The number of hydrogen-bond acceptors (Lipinski definition) is 5. The van der Waals surface area contributed by atoms with Crippen LogP contribution in [0.4, 0.5) is 5.95 Å². The van der Waals surface area contributed by atoms with Gasteiger partial charge in [-0.15, -0.1) is 0 Å². The fraction of sp³-hybridized carbons (Fsp3) is 0.733. The van der Waals surface area contributed by atoms with Gasteiger partial charge in [0.1, 0.15) is 0 Å². The molecule has 1 aromatic heterocycles. The molecule has 0 spiro atoms. The van der Waals surface area contributed by atoms with Crippen molar-refractivity contribution < 1.29 is 0 Å². The molecule has 0 aliphatic carbocycles. The highest BCUT2D eigenvalue weighted by Crippen LogP contribution is 2.11. The molecule has 5 nitrogen and oxygen atoms in total. The minimum absolute atomic E-state index is 0.105. The molecule has 0 saturated heterocycles. The van der Waals surface area contributed by atoms with E-state index in [1.54, 1.807) is 0 Å². The number of nitrogens with zero attached hydrogens (tertiary/aromatic N) is 4. The van der Waals surface area contributed by atoms with E-state index in [2.05, 4.69) is 60.0 Å². The van der Waals surface area contributed by atoms with E-state index in [0.717, 1.165) is 36.8 Å². The van der Waals surface area contributed by atoms with Crippen LogP contribution in [-0.4, -0.2) is 54.6 Å². The Kier molecular flexibility index (Phi) is 5.89. The molecule has 0 atom stereocenters. The number of aromatic nitrogens is 2. The van der Waals surface area contributed by atoms with Crippen LogP contribution in [0.3, 0.4) is 0 Å². The van der Waals surface area contributed by atoms with Crippen LogP contribution >= 0.6 is 0 Å². The van der Waals surface area contributed by atoms with Crippen molar-refractivity contribution in [2.45, 2.75) is 39.8 Å². The molecule has 1 rings (SSSR count). The van der Waals surface area contributed by atoms with Crippen molar-refractivity contribution in [3.05, 3.63) is 17.5 Å². The summed E-state index contributed by atoms with van der Waals surface area (Å²) in [5, 5.41) is 3.47. The van der Waals surface area contributed by atoms with Gasteiger partial charge in [0.05, 0.1) is 0 Å². The van der Waals surface area contributed by atoms with Gasteiger partial charge in [0.2, 0.25) is 5.95 Å². The van der Waals surface area contributed by atoms with E-state index >= 15 is 0 Å². The molecule has 114 valence electrons. The van der Waals surface area contributed by atoms with Crippen LogP contribution in [0.1, 0.15) is 32.0 Å². The van der Waals surface area contributed by atoms with Crippen molar-refractivity contribution in [3.8, 4) is 0 Å². The summed E-state index contributed by atoms with van der Waals surface area (Å²) in [6, 6.07) is 0. The van der Waals surface area contributed by atoms with Gasteiger partial charge in [-0.25, -0.2) is 9.97 Å². The zero-order valence-corrected chi connectivity index (χ0v) is 14.0. The predicted octanol–water partition coefficient (Wildman–Crippen LogP) is 1.67. The molecule has 0 aliphatic heterocycles. The van der Waals surface area contributed by atoms with Gasteiger partial charge in [0, 0.05) is 49.7 Å². The lowest BCUT2D eigenvalue weighted by Gasteiger charge is -2.22. The van der Waals surface area contributed by atoms with Crippen LogP contribution in [0.25, 0.3) is 0 Å². The summed E-state index contributed by atoms with van der Waals surface area (Å²) in [7, 11) is 6.17. The average molecular weight is 279 g/mol. The van der Waals surface area contributed by atoms with Gasteiger partial charge < -0.3 is 15.1 Å². The molecule has 0 unspecified atom stereocenters. The van der Waals surface area contributed by atoms with Crippen LogP contribution in [0.5, 0.6) is 0 Å². The van der Waals surface area contributed by atoms with Crippen LogP contribution < -0.4 is 10.2 Å². The Labute approximate surface area is 123 Å². The normalized spacial score (nSPS) is 12.0. The molecule has 5 heteroatoms. The van der Waals surface area contributed by atoms with Crippen molar-refractivity contribution in [3.63, 3.8) is 0 Å². The molecule has 1 N–H and O–H groups in total. The van der Waals surface area contributed by atoms with Crippen molar-refractivity contribution in [2.24, 2.45) is 0 Å². The van der Waals surface area contributed by atoms with Crippen molar-refractivity contribution >= 4 is 5.95 Å². The maximum Gasteiger partial charge on any atom is 0.225 e. The molecule has 1 aromatic rings. The fourth-order valence-electron chi connectivity index (χ4n) is 1.65. The van der Waals surface area contributed by atoms with E-state index in [9.17, 15) is 0 Å². The minimum atomic E-state index is 0.105. The number of anilines is 1. The van der Waals surface area contributed by atoms with Crippen LogP contribution in [0.2, 0.25) is 0 Å². The molecule has 1 heterocycles. The second kappa shape index (κ2) is 6.99. The van der Waals surface area contributed by atoms with Gasteiger partial charge in [0.25, 0.3) is 0 Å². The third-order valence-electron chi connectivity index (χ3n) is 3.10. The number of aryl methyl sites for hydroxylation is 1. The first-order valence-electron chi connectivity index (χ1n) is 7.12. The highest BCUT2D eigenvalue weighted by atomic mass is 15.2. The second-order valence-electron chi connectivity index (χ2n) is 6.61. The lowest BCUT2D eigenvalue weighted by Crippen LogP contribution is -2.35.